The molecule has 2 N–H and O–H groups in total. The average Bonchev–Trinajstić information content (AvgIpc) is 3.05. The number of rotatable bonds is 1. The summed E-state index contributed by atoms with van der Waals surface area (Å²) < 4.78 is 12.9. The number of fused-ring (bicyclic) bond motifs is 4. The fourth-order valence-electron chi connectivity index (χ4n) is 3.28. The molecule has 1 aliphatic rings. The lowest BCUT2D eigenvalue weighted by Gasteiger charge is -2.19. The molecule has 0 unspecified atom stereocenters. The van der Waals surface area contributed by atoms with Crippen molar-refractivity contribution in [3.8, 4) is 23.3 Å². The number of H-pyrrole nitrogens is 1. The van der Waals surface area contributed by atoms with Gasteiger partial charge in [-0.3, -0.25) is 9.98 Å². The second kappa shape index (κ2) is 5.36. The molecule has 0 atom stereocenters. The quantitative estimate of drug-likeness (QED) is 0.555. The second-order valence-electron chi connectivity index (χ2n) is 5.95. The first-order valence-electron chi connectivity index (χ1n) is 8.14. The third kappa shape index (κ3) is 1.99. The van der Waals surface area contributed by atoms with Crippen LogP contribution in [0.1, 0.15) is 5.69 Å². The van der Waals surface area contributed by atoms with Gasteiger partial charge in [-0.2, -0.15) is 5.26 Å². The molecule has 126 valence electrons. The highest BCUT2D eigenvalue weighted by Gasteiger charge is 2.17. The van der Waals surface area contributed by atoms with E-state index in [1.54, 1.807) is 4.57 Å². The van der Waals surface area contributed by atoms with E-state index in [2.05, 4.69) is 9.97 Å². The maximum absolute atomic E-state index is 9.45. The standard InChI is InChI=1S/C19H13N5O2/c20-10-14-18(21)24(11-5-6-15-16(9-11)26-8-7-25-15)19-17(22-14)12-3-1-2-4-13(12)23-19/h1-6,9,21,23H,7-8H2. The molecule has 0 amide bonds. The van der Waals surface area contributed by atoms with E-state index in [0.29, 0.717) is 41.6 Å². The van der Waals surface area contributed by atoms with E-state index < -0.39 is 0 Å². The predicted molar refractivity (Wildman–Crippen MR) is 94.5 cm³/mol. The number of nitriles is 1. The van der Waals surface area contributed by atoms with Crippen molar-refractivity contribution in [2.24, 2.45) is 0 Å². The Balaban J connectivity index is 1.88. The molecule has 2 aromatic carbocycles. The van der Waals surface area contributed by atoms with Gasteiger partial charge in [0.25, 0.3) is 0 Å². The summed E-state index contributed by atoms with van der Waals surface area (Å²) in [6.45, 7) is 1.000. The summed E-state index contributed by atoms with van der Waals surface area (Å²) in [5, 5.41) is 18.8. The van der Waals surface area contributed by atoms with Crippen molar-refractivity contribution in [3.05, 3.63) is 53.6 Å². The molecule has 0 radical (unpaired) electrons. The Morgan fingerprint density at radius 1 is 1.12 bits per heavy atom. The number of hydrogen-bond donors (Lipinski definition) is 2. The summed E-state index contributed by atoms with van der Waals surface area (Å²) in [7, 11) is 0. The van der Waals surface area contributed by atoms with E-state index in [1.165, 1.54) is 0 Å². The summed E-state index contributed by atoms with van der Waals surface area (Å²) in [6, 6.07) is 15.2. The topological polar surface area (TPSA) is 99.7 Å². The van der Waals surface area contributed by atoms with Gasteiger partial charge in [-0.1, -0.05) is 18.2 Å². The Morgan fingerprint density at radius 2 is 1.92 bits per heavy atom. The van der Waals surface area contributed by atoms with Gasteiger partial charge >= 0.3 is 0 Å². The van der Waals surface area contributed by atoms with Crippen LogP contribution in [0.5, 0.6) is 11.5 Å². The first-order chi connectivity index (χ1) is 12.8. The van der Waals surface area contributed by atoms with Crippen LogP contribution in [0.4, 0.5) is 0 Å². The first-order valence-corrected chi connectivity index (χ1v) is 8.14. The zero-order valence-corrected chi connectivity index (χ0v) is 13.6. The molecule has 0 bridgehead atoms. The van der Waals surface area contributed by atoms with E-state index in [0.717, 1.165) is 10.9 Å². The molecule has 0 saturated heterocycles. The smallest absolute Gasteiger partial charge is 0.184 e. The molecule has 7 heteroatoms. The first kappa shape index (κ1) is 14.5. The molecule has 26 heavy (non-hydrogen) atoms. The van der Waals surface area contributed by atoms with Crippen molar-refractivity contribution >= 4 is 22.1 Å². The van der Waals surface area contributed by atoms with E-state index >= 15 is 0 Å². The lowest BCUT2D eigenvalue weighted by molar-refractivity contribution is 0.171. The Morgan fingerprint density at radius 3 is 2.77 bits per heavy atom. The van der Waals surface area contributed by atoms with Gasteiger partial charge in [0.05, 0.1) is 5.69 Å². The van der Waals surface area contributed by atoms with Crippen LogP contribution in [0.2, 0.25) is 0 Å². The summed E-state index contributed by atoms with van der Waals surface area (Å²) in [4.78, 5) is 7.71. The van der Waals surface area contributed by atoms with Gasteiger partial charge in [0.1, 0.15) is 30.4 Å². The summed E-state index contributed by atoms with van der Waals surface area (Å²) in [5.74, 6) is 1.30. The maximum Gasteiger partial charge on any atom is 0.184 e. The summed E-state index contributed by atoms with van der Waals surface area (Å²) in [6.07, 6.45) is 0. The van der Waals surface area contributed by atoms with Gasteiger partial charge in [-0.25, -0.2) is 4.98 Å². The normalized spacial score (nSPS) is 13.0. The van der Waals surface area contributed by atoms with Crippen LogP contribution in [0.3, 0.4) is 0 Å². The SMILES string of the molecule is N#Cc1nc2c3ccccc3[nH]c2n(-c2ccc3c(c2)OCCO3)c1=N. The molecular formula is C19H13N5O2. The molecule has 0 saturated carbocycles. The maximum atomic E-state index is 9.45. The molecule has 0 fully saturated rings. The largest absolute Gasteiger partial charge is 0.486 e. The lowest BCUT2D eigenvalue weighted by Crippen LogP contribution is -2.24. The third-order valence-electron chi connectivity index (χ3n) is 4.44. The molecule has 0 aliphatic carbocycles. The van der Waals surface area contributed by atoms with Crippen molar-refractivity contribution in [2.75, 3.05) is 13.2 Å². The molecule has 1 aliphatic heterocycles. The van der Waals surface area contributed by atoms with Crippen molar-refractivity contribution in [3.63, 3.8) is 0 Å². The zero-order chi connectivity index (χ0) is 17.7. The van der Waals surface area contributed by atoms with Crippen molar-refractivity contribution in [1.29, 1.82) is 10.7 Å². The van der Waals surface area contributed by atoms with Crippen molar-refractivity contribution in [1.82, 2.24) is 14.5 Å². The van der Waals surface area contributed by atoms with E-state index in [9.17, 15) is 5.26 Å². The van der Waals surface area contributed by atoms with Gasteiger partial charge in [-0.15, -0.1) is 0 Å². The minimum Gasteiger partial charge on any atom is -0.486 e. The van der Waals surface area contributed by atoms with Crippen LogP contribution >= 0.6 is 0 Å². The van der Waals surface area contributed by atoms with Gasteiger partial charge < -0.3 is 14.5 Å². The molecule has 0 spiro atoms. The van der Waals surface area contributed by atoms with Gasteiger partial charge in [0.2, 0.25) is 0 Å². The summed E-state index contributed by atoms with van der Waals surface area (Å²) in [5.41, 5.74) is 3.00. The van der Waals surface area contributed by atoms with Crippen molar-refractivity contribution < 1.29 is 9.47 Å². The minimum absolute atomic E-state index is 0.0169. The van der Waals surface area contributed by atoms with Gasteiger partial charge in [-0.05, 0) is 18.2 Å². The number of aromatic amines is 1. The highest BCUT2D eigenvalue weighted by atomic mass is 16.6. The van der Waals surface area contributed by atoms with Gasteiger partial charge in [0.15, 0.2) is 22.7 Å². The number of hydrogen-bond acceptors (Lipinski definition) is 5. The lowest BCUT2D eigenvalue weighted by atomic mass is 10.2. The highest BCUT2D eigenvalue weighted by Crippen LogP contribution is 2.33. The van der Waals surface area contributed by atoms with Crippen LogP contribution in [-0.2, 0) is 0 Å². The molecule has 3 heterocycles. The molecular weight excluding hydrogens is 330 g/mol. The van der Waals surface area contributed by atoms with Crippen LogP contribution in [0.15, 0.2) is 42.5 Å². The molecule has 5 rings (SSSR count). The Hall–Kier alpha value is -3.79. The second-order valence-corrected chi connectivity index (χ2v) is 5.95. The number of aromatic nitrogens is 3. The van der Waals surface area contributed by atoms with Crippen LogP contribution < -0.4 is 15.0 Å². The van der Waals surface area contributed by atoms with Crippen LogP contribution in [0.25, 0.3) is 27.8 Å². The van der Waals surface area contributed by atoms with Gasteiger partial charge in [0, 0.05) is 17.0 Å². The molecule has 4 aromatic rings. The average molecular weight is 343 g/mol. The Bertz CT molecular complexity index is 1280. The molecule has 7 nitrogen and oxygen atoms in total. The number of para-hydroxylation sites is 1. The monoisotopic (exact) mass is 343 g/mol. The highest BCUT2D eigenvalue weighted by molar-refractivity contribution is 6.04. The fraction of sp³-hybridized carbons (Fsp3) is 0.105. The Labute approximate surface area is 147 Å². The third-order valence-corrected chi connectivity index (χ3v) is 4.44. The summed E-state index contributed by atoms with van der Waals surface area (Å²) >= 11 is 0. The number of nitrogens with one attached hydrogen (secondary N) is 2. The van der Waals surface area contributed by atoms with E-state index in [1.807, 2.05) is 48.5 Å². The molecule has 2 aromatic heterocycles. The predicted octanol–water partition coefficient (Wildman–Crippen LogP) is 2.63. The number of ether oxygens (including phenoxy) is 2. The minimum atomic E-state index is 0.0169. The number of benzene rings is 2. The number of nitrogens with zero attached hydrogens (tertiary/aromatic N) is 3. The fourth-order valence-corrected chi connectivity index (χ4v) is 3.28. The van der Waals surface area contributed by atoms with E-state index in [-0.39, 0.29) is 11.2 Å². The van der Waals surface area contributed by atoms with Crippen molar-refractivity contribution in [2.45, 2.75) is 0 Å². The zero-order valence-electron chi connectivity index (χ0n) is 13.6. The Kier molecular flexibility index (Phi) is 3.00. The van der Waals surface area contributed by atoms with Crippen LogP contribution in [0, 0.1) is 16.7 Å². The van der Waals surface area contributed by atoms with Crippen LogP contribution in [-0.4, -0.2) is 27.7 Å². The van der Waals surface area contributed by atoms with E-state index in [4.69, 9.17) is 14.9 Å².